The molecule has 1 aliphatic rings. The van der Waals surface area contributed by atoms with Crippen molar-refractivity contribution in [2.45, 2.75) is 18.3 Å². The van der Waals surface area contributed by atoms with Crippen molar-refractivity contribution in [2.24, 2.45) is 0 Å². The van der Waals surface area contributed by atoms with Gasteiger partial charge in [-0.15, -0.1) is 5.53 Å². The number of carbonyl (C=O) groups excluding carboxylic acids is 1. The van der Waals surface area contributed by atoms with Crippen molar-refractivity contribution in [3.63, 3.8) is 0 Å². The van der Waals surface area contributed by atoms with Crippen molar-refractivity contribution >= 4 is 6.09 Å². The van der Waals surface area contributed by atoms with Crippen LogP contribution in [0.25, 0.3) is 0 Å². The summed E-state index contributed by atoms with van der Waals surface area (Å²) in [5.74, 6) is -0.575. The molecule has 1 aromatic rings. The van der Waals surface area contributed by atoms with E-state index in [0.29, 0.717) is 5.12 Å². The topological polar surface area (TPSA) is 65.6 Å². The van der Waals surface area contributed by atoms with Crippen molar-refractivity contribution in [1.82, 2.24) is 21.5 Å². The average Bonchev–Trinajstić information content (AvgIpc) is 2.45. The van der Waals surface area contributed by atoms with Crippen LogP contribution in [0.4, 0.5) is 22.4 Å². The highest BCUT2D eigenvalue weighted by atomic mass is 19.4. The van der Waals surface area contributed by atoms with Crippen LogP contribution in [0.2, 0.25) is 0 Å². The quantitative estimate of drug-likeness (QED) is 0.684. The molecule has 3 N–H and O–H groups in total. The van der Waals surface area contributed by atoms with Gasteiger partial charge in [-0.2, -0.15) is 18.3 Å². The first-order valence-electron chi connectivity index (χ1n) is 5.80. The maximum atomic E-state index is 13.0. The molecule has 1 amide bonds. The lowest BCUT2D eigenvalue weighted by molar-refractivity contribution is -0.187. The van der Waals surface area contributed by atoms with E-state index in [1.165, 1.54) is 12.1 Å². The minimum atomic E-state index is -4.60. The number of nitrogens with zero attached hydrogens (tertiary/aromatic N) is 1. The number of rotatable bonds is 1. The van der Waals surface area contributed by atoms with Gasteiger partial charge in [0.25, 0.3) is 0 Å². The van der Waals surface area contributed by atoms with Crippen molar-refractivity contribution in [3.05, 3.63) is 35.6 Å². The lowest BCUT2D eigenvalue weighted by atomic mass is 9.99. The summed E-state index contributed by atoms with van der Waals surface area (Å²) >= 11 is 0. The lowest BCUT2D eigenvalue weighted by Crippen LogP contribution is -2.71. The Balaban J connectivity index is 2.28. The van der Waals surface area contributed by atoms with E-state index in [1.54, 1.807) is 0 Å². The Morgan fingerprint density at radius 2 is 1.90 bits per heavy atom. The highest BCUT2D eigenvalue weighted by Gasteiger charge is 2.48. The van der Waals surface area contributed by atoms with E-state index in [0.717, 1.165) is 19.2 Å². The number of nitrogens with one attached hydrogen (secondary N) is 3. The molecule has 1 heterocycles. The zero-order valence-corrected chi connectivity index (χ0v) is 10.7. The van der Waals surface area contributed by atoms with Crippen molar-refractivity contribution in [1.29, 1.82) is 0 Å². The summed E-state index contributed by atoms with van der Waals surface area (Å²) in [7, 11) is 1.08. The summed E-state index contributed by atoms with van der Waals surface area (Å²) in [4.78, 5) is 11.4. The van der Waals surface area contributed by atoms with Crippen LogP contribution in [0.5, 0.6) is 0 Å². The second kappa shape index (κ2) is 5.84. The number of benzene rings is 1. The van der Waals surface area contributed by atoms with Crippen LogP contribution < -0.4 is 16.4 Å². The van der Waals surface area contributed by atoms with Gasteiger partial charge < -0.3 is 4.74 Å². The van der Waals surface area contributed by atoms with Crippen molar-refractivity contribution in [2.75, 3.05) is 7.11 Å². The van der Waals surface area contributed by atoms with Gasteiger partial charge in [0.15, 0.2) is 0 Å². The monoisotopic (exact) mass is 308 g/mol. The highest BCUT2D eigenvalue weighted by Crippen LogP contribution is 2.31. The highest BCUT2D eigenvalue weighted by molar-refractivity contribution is 5.66. The fourth-order valence-electron chi connectivity index (χ4n) is 1.86. The zero-order valence-electron chi connectivity index (χ0n) is 10.7. The molecule has 10 heteroatoms. The first-order valence-corrected chi connectivity index (χ1v) is 5.80. The Morgan fingerprint density at radius 1 is 1.29 bits per heavy atom. The van der Waals surface area contributed by atoms with Crippen LogP contribution in [0.15, 0.2) is 24.3 Å². The van der Waals surface area contributed by atoms with Gasteiger partial charge in [-0.05, 0) is 17.7 Å². The molecule has 0 aliphatic carbocycles. The van der Waals surface area contributed by atoms with E-state index >= 15 is 0 Å². The standard InChI is InChI=1S/C11H12F4N4O2/c1-21-10(20)19-17-8(6-2-4-7(12)5-3-6)9(16-18-19)11(13,14)15/h2-5,8-9,16-18H,1H3. The van der Waals surface area contributed by atoms with Crippen LogP contribution in [0.1, 0.15) is 11.6 Å². The molecule has 6 nitrogen and oxygen atoms in total. The van der Waals surface area contributed by atoms with Gasteiger partial charge >= 0.3 is 12.3 Å². The summed E-state index contributed by atoms with van der Waals surface area (Å²) in [5, 5.41) is 0.635. The molecule has 1 fully saturated rings. The average molecular weight is 308 g/mol. The predicted molar refractivity (Wildman–Crippen MR) is 62.6 cm³/mol. The predicted octanol–water partition coefficient (Wildman–Crippen LogP) is 1.39. The smallest absolute Gasteiger partial charge is 0.440 e. The molecular weight excluding hydrogens is 296 g/mol. The molecule has 1 aromatic carbocycles. The second-order valence-electron chi connectivity index (χ2n) is 4.24. The number of hydrazine groups is 3. The van der Waals surface area contributed by atoms with E-state index in [-0.39, 0.29) is 5.56 Å². The molecule has 2 rings (SSSR count). The third kappa shape index (κ3) is 3.40. The van der Waals surface area contributed by atoms with Crippen molar-refractivity contribution < 1.29 is 27.1 Å². The third-order valence-corrected chi connectivity index (χ3v) is 2.87. The largest absolute Gasteiger partial charge is 0.451 e. The Hall–Kier alpha value is -1.91. The van der Waals surface area contributed by atoms with Crippen LogP contribution in [0.3, 0.4) is 0 Å². The van der Waals surface area contributed by atoms with Gasteiger partial charge in [0, 0.05) is 0 Å². The molecule has 0 saturated carbocycles. The van der Waals surface area contributed by atoms with Gasteiger partial charge in [-0.3, -0.25) is 0 Å². The molecule has 0 spiro atoms. The second-order valence-corrected chi connectivity index (χ2v) is 4.24. The van der Waals surface area contributed by atoms with Gasteiger partial charge in [0.05, 0.1) is 13.2 Å². The summed E-state index contributed by atoms with van der Waals surface area (Å²) in [6.07, 6.45) is -5.53. The van der Waals surface area contributed by atoms with E-state index in [4.69, 9.17) is 0 Å². The molecule has 2 unspecified atom stereocenters. The SMILES string of the molecule is COC(=O)N1NNC(C(F)(F)F)C(c2ccc(F)cc2)N1. The summed E-state index contributed by atoms with van der Waals surface area (Å²) in [6.45, 7) is 0. The van der Waals surface area contributed by atoms with Crippen LogP contribution >= 0.6 is 0 Å². The van der Waals surface area contributed by atoms with Gasteiger partial charge in [0.2, 0.25) is 0 Å². The summed E-state index contributed by atoms with van der Waals surface area (Å²) in [5.41, 5.74) is 6.52. The van der Waals surface area contributed by atoms with Crippen LogP contribution in [-0.2, 0) is 4.74 Å². The molecule has 116 valence electrons. The molecule has 0 bridgehead atoms. The maximum absolute atomic E-state index is 13.0. The van der Waals surface area contributed by atoms with Gasteiger partial charge in [-0.1, -0.05) is 12.1 Å². The molecule has 1 aliphatic heterocycles. The molecule has 0 radical (unpaired) electrons. The number of amides is 1. The van der Waals surface area contributed by atoms with E-state index < -0.39 is 30.2 Å². The van der Waals surface area contributed by atoms with Gasteiger partial charge in [-0.25, -0.2) is 20.0 Å². The minimum absolute atomic E-state index is 0.154. The summed E-state index contributed by atoms with van der Waals surface area (Å²) < 4.78 is 56.3. The molecule has 21 heavy (non-hydrogen) atoms. The van der Waals surface area contributed by atoms with E-state index in [1.807, 2.05) is 11.0 Å². The van der Waals surface area contributed by atoms with E-state index in [2.05, 4.69) is 10.2 Å². The minimum Gasteiger partial charge on any atom is -0.451 e. The Labute approximate surface area is 117 Å². The Kier molecular flexibility index (Phi) is 4.30. The number of hydrogen-bond acceptors (Lipinski definition) is 5. The first-order chi connectivity index (χ1) is 9.82. The number of alkyl halides is 3. The molecule has 1 saturated heterocycles. The molecule has 0 aromatic heterocycles. The number of carbonyl (C=O) groups is 1. The van der Waals surface area contributed by atoms with Crippen LogP contribution in [0, 0.1) is 5.82 Å². The summed E-state index contributed by atoms with van der Waals surface area (Å²) in [6, 6.07) is 1.11. The number of ether oxygens (including phenoxy) is 1. The zero-order chi connectivity index (χ0) is 15.6. The number of methoxy groups -OCH3 is 1. The Morgan fingerprint density at radius 3 is 2.43 bits per heavy atom. The van der Waals surface area contributed by atoms with Crippen LogP contribution in [-0.4, -0.2) is 30.5 Å². The maximum Gasteiger partial charge on any atom is 0.440 e. The fraction of sp³-hybridized carbons (Fsp3) is 0.364. The van der Waals surface area contributed by atoms with E-state index in [9.17, 15) is 22.4 Å². The Bertz CT molecular complexity index is 508. The normalized spacial score (nSPS) is 23.0. The van der Waals surface area contributed by atoms with Gasteiger partial charge in [0.1, 0.15) is 11.9 Å². The lowest BCUT2D eigenvalue weighted by Gasteiger charge is -2.40. The number of halogens is 4. The number of hydrogen-bond donors (Lipinski definition) is 3. The molecule has 2 atom stereocenters. The van der Waals surface area contributed by atoms with Crippen molar-refractivity contribution in [3.8, 4) is 0 Å². The molecular formula is C11H12F4N4O2. The fourth-order valence-corrected chi connectivity index (χ4v) is 1.86. The third-order valence-electron chi connectivity index (χ3n) is 2.87. The first kappa shape index (κ1) is 15.5.